The van der Waals surface area contributed by atoms with Crippen LogP contribution >= 0.6 is 45.8 Å². The fraction of sp³-hybridized carbons (Fsp3) is 0.571. The lowest BCUT2D eigenvalue weighted by Gasteiger charge is -2.19. The molecule has 5 heteroatoms. The van der Waals surface area contributed by atoms with Crippen LogP contribution in [0.1, 0.15) is 20.8 Å². The highest BCUT2D eigenvalue weighted by atomic mass is 127. The van der Waals surface area contributed by atoms with E-state index < -0.39 is 0 Å². The van der Waals surface area contributed by atoms with Crippen molar-refractivity contribution in [2.75, 3.05) is 0 Å². The van der Waals surface area contributed by atoms with Gasteiger partial charge in [0.25, 0.3) is 0 Å². The number of hydrogen-bond donors (Lipinski definition) is 0. The summed E-state index contributed by atoms with van der Waals surface area (Å²) in [6.07, 6.45) is 0. The van der Waals surface area contributed by atoms with Crippen LogP contribution < -0.4 is 0 Å². The third kappa shape index (κ3) is 1.88. The lowest BCUT2D eigenvalue weighted by Crippen LogP contribution is -2.23. The molecule has 0 N–H and O–H groups in total. The summed E-state index contributed by atoms with van der Waals surface area (Å²) in [6, 6.07) is 0. The molecule has 0 amide bonds. The molecule has 1 rings (SSSR count). The smallest absolute Gasteiger partial charge is 0.147 e. The zero-order valence-electron chi connectivity index (χ0n) is 7.03. The third-order valence-corrected chi connectivity index (χ3v) is 3.25. The van der Waals surface area contributed by atoms with Crippen molar-refractivity contribution in [3.63, 3.8) is 0 Å². The first-order valence-corrected chi connectivity index (χ1v) is 5.27. The predicted octanol–water partition coefficient (Wildman–Crippen LogP) is 3.55. The van der Waals surface area contributed by atoms with Crippen molar-refractivity contribution < 1.29 is 0 Å². The summed E-state index contributed by atoms with van der Waals surface area (Å²) >= 11 is 13.9. The quantitative estimate of drug-likeness (QED) is 0.669. The highest BCUT2D eigenvalue weighted by molar-refractivity contribution is 14.1. The fourth-order valence-electron chi connectivity index (χ4n) is 0.798. The zero-order valence-corrected chi connectivity index (χ0v) is 10.7. The average molecular weight is 319 g/mol. The summed E-state index contributed by atoms with van der Waals surface area (Å²) in [5.74, 6) is 0. The number of hydrogen-bond acceptors (Lipinski definition) is 1. The van der Waals surface area contributed by atoms with Crippen LogP contribution in [0.25, 0.3) is 0 Å². The van der Waals surface area contributed by atoms with Gasteiger partial charge < -0.3 is 0 Å². The molecule has 0 saturated carbocycles. The maximum atomic E-state index is 5.96. The summed E-state index contributed by atoms with van der Waals surface area (Å²) in [7, 11) is 0. The van der Waals surface area contributed by atoms with Crippen LogP contribution in [0.3, 0.4) is 0 Å². The van der Waals surface area contributed by atoms with Crippen molar-refractivity contribution in [1.29, 1.82) is 0 Å². The van der Waals surface area contributed by atoms with E-state index in [2.05, 4.69) is 27.7 Å². The second-order valence-corrected chi connectivity index (χ2v) is 5.24. The van der Waals surface area contributed by atoms with E-state index >= 15 is 0 Å². The van der Waals surface area contributed by atoms with Crippen molar-refractivity contribution in [3.05, 3.63) is 13.9 Å². The molecular formula is C7H9Cl2IN2. The molecule has 0 aliphatic rings. The maximum absolute atomic E-state index is 5.96. The predicted molar refractivity (Wildman–Crippen MR) is 60.0 cm³/mol. The average Bonchev–Trinajstić information content (AvgIpc) is 2.15. The van der Waals surface area contributed by atoms with Gasteiger partial charge in [0.2, 0.25) is 0 Å². The monoisotopic (exact) mass is 318 g/mol. The number of halogens is 3. The van der Waals surface area contributed by atoms with Gasteiger partial charge in [0.15, 0.2) is 0 Å². The van der Waals surface area contributed by atoms with Gasteiger partial charge in [0.1, 0.15) is 13.9 Å². The van der Waals surface area contributed by atoms with Crippen molar-refractivity contribution in [1.82, 2.24) is 9.78 Å². The first-order chi connectivity index (χ1) is 5.34. The minimum atomic E-state index is -0.121. The summed E-state index contributed by atoms with van der Waals surface area (Å²) in [5, 5.41) is 5.26. The molecule has 68 valence electrons. The molecule has 0 atom stereocenters. The highest BCUT2D eigenvalue weighted by Gasteiger charge is 2.21. The molecule has 0 fully saturated rings. The maximum Gasteiger partial charge on any atom is 0.147 e. The first-order valence-electron chi connectivity index (χ1n) is 3.44. The third-order valence-electron chi connectivity index (χ3n) is 1.37. The van der Waals surface area contributed by atoms with Gasteiger partial charge in [-0.3, -0.25) is 0 Å². The Hall–Kier alpha value is 0.520. The summed E-state index contributed by atoms with van der Waals surface area (Å²) in [4.78, 5) is 0. The van der Waals surface area contributed by atoms with Gasteiger partial charge in [-0.15, -0.1) is 0 Å². The van der Waals surface area contributed by atoms with Crippen LogP contribution in [0.4, 0.5) is 0 Å². The van der Waals surface area contributed by atoms with Gasteiger partial charge in [0.05, 0.1) is 5.54 Å². The van der Waals surface area contributed by atoms with Gasteiger partial charge >= 0.3 is 0 Å². The topological polar surface area (TPSA) is 17.8 Å². The summed E-state index contributed by atoms with van der Waals surface area (Å²) < 4.78 is 2.47. The largest absolute Gasteiger partial charge is 0.246 e. The molecule has 1 aromatic heterocycles. The van der Waals surface area contributed by atoms with Gasteiger partial charge in [-0.1, -0.05) is 23.2 Å². The molecular weight excluding hydrogens is 310 g/mol. The molecule has 2 nitrogen and oxygen atoms in total. The molecule has 0 saturated heterocycles. The van der Waals surface area contributed by atoms with Crippen molar-refractivity contribution in [3.8, 4) is 0 Å². The van der Waals surface area contributed by atoms with E-state index in [-0.39, 0.29) is 5.54 Å². The molecule has 0 radical (unpaired) electrons. The van der Waals surface area contributed by atoms with E-state index in [1.807, 2.05) is 20.8 Å². The normalized spacial score (nSPS) is 12.2. The second kappa shape index (κ2) is 3.35. The van der Waals surface area contributed by atoms with Gasteiger partial charge in [0, 0.05) is 0 Å². The Bertz CT molecular complexity index is 301. The number of rotatable bonds is 0. The van der Waals surface area contributed by atoms with Crippen molar-refractivity contribution in [2.45, 2.75) is 26.3 Å². The molecule has 0 bridgehead atoms. The van der Waals surface area contributed by atoms with Gasteiger partial charge in [-0.25, -0.2) is 4.68 Å². The summed E-state index contributed by atoms with van der Waals surface area (Å²) in [6.45, 7) is 6.08. The van der Waals surface area contributed by atoms with Crippen LogP contribution in [0.5, 0.6) is 0 Å². The van der Waals surface area contributed by atoms with E-state index in [0.29, 0.717) is 10.2 Å². The molecule has 0 aliphatic heterocycles. The van der Waals surface area contributed by atoms with Crippen molar-refractivity contribution >= 4 is 45.8 Å². The molecule has 1 heterocycles. The lowest BCUT2D eigenvalue weighted by atomic mass is 10.1. The van der Waals surface area contributed by atoms with E-state index in [1.54, 1.807) is 4.68 Å². The van der Waals surface area contributed by atoms with Crippen LogP contribution in [-0.2, 0) is 5.54 Å². The molecule has 0 aromatic carbocycles. The minimum absolute atomic E-state index is 0.121. The zero-order chi connectivity index (χ0) is 9.52. The van der Waals surface area contributed by atoms with Crippen LogP contribution in [-0.4, -0.2) is 9.78 Å². The Morgan fingerprint density at radius 2 is 1.83 bits per heavy atom. The highest BCUT2D eigenvalue weighted by Crippen LogP contribution is 2.30. The van der Waals surface area contributed by atoms with Crippen molar-refractivity contribution in [2.24, 2.45) is 0 Å². The Morgan fingerprint density at radius 1 is 1.33 bits per heavy atom. The second-order valence-electron chi connectivity index (χ2n) is 3.48. The van der Waals surface area contributed by atoms with Crippen LogP contribution in [0, 0.1) is 3.70 Å². The lowest BCUT2D eigenvalue weighted by molar-refractivity contribution is 0.355. The Kier molecular flexibility index (Phi) is 2.96. The summed E-state index contributed by atoms with van der Waals surface area (Å²) in [5.41, 5.74) is -0.121. The van der Waals surface area contributed by atoms with Crippen LogP contribution in [0.2, 0.25) is 10.2 Å². The molecule has 12 heavy (non-hydrogen) atoms. The van der Waals surface area contributed by atoms with E-state index in [0.717, 1.165) is 3.70 Å². The SMILES string of the molecule is CC(C)(C)n1nc(I)c(Cl)c1Cl. The standard InChI is InChI=1S/C7H9Cl2IN2/c1-7(2,3)12-5(9)4(8)6(10)11-12/h1-3H3. The first kappa shape index (κ1) is 10.6. The fourth-order valence-corrected chi connectivity index (χ4v) is 1.93. The molecule has 0 aliphatic carbocycles. The minimum Gasteiger partial charge on any atom is -0.246 e. The van der Waals surface area contributed by atoms with Gasteiger partial charge in [-0.05, 0) is 43.4 Å². The van der Waals surface area contributed by atoms with E-state index in [1.165, 1.54) is 0 Å². The van der Waals surface area contributed by atoms with Crippen LogP contribution in [0.15, 0.2) is 0 Å². The Morgan fingerprint density at radius 3 is 2.00 bits per heavy atom. The van der Waals surface area contributed by atoms with E-state index in [9.17, 15) is 0 Å². The van der Waals surface area contributed by atoms with Gasteiger partial charge in [-0.2, -0.15) is 5.10 Å². The Labute approximate surface area is 95.4 Å². The molecule has 0 spiro atoms. The number of nitrogens with zero attached hydrogens (tertiary/aromatic N) is 2. The Balaban J connectivity index is 3.28. The van der Waals surface area contributed by atoms with E-state index in [4.69, 9.17) is 23.2 Å². The number of aromatic nitrogens is 2. The molecule has 0 unspecified atom stereocenters. The molecule has 1 aromatic rings.